The summed E-state index contributed by atoms with van der Waals surface area (Å²) < 4.78 is 0. The number of likely N-dealkylation sites (N-methyl/N-ethyl adjacent to an activating group) is 2. The Morgan fingerprint density at radius 2 is 2.19 bits per heavy atom. The maximum absolute atomic E-state index is 11.7. The summed E-state index contributed by atoms with van der Waals surface area (Å²) >= 11 is 0. The molecule has 0 saturated carbocycles. The van der Waals surface area contributed by atoms with Crippen molar-refractivity contribution in [1.29, 1.82) is 0 Å². The summed E-state index contributed by atoms with van der Waals surface area (Å²) in [5.41, 5.74) is 0.572. The van der Waals surface area contributed by atoms with Crippen LogP contribution < -0.4 is 5.32 Å². The second-order valence-corrected chi connectivity index (χ2v) is 3.63. The van der Waals surface area contributed by atoms with Gasteiger partial charge in [0.1, 0.15) is 0 Å². The number of aromatic amines is 1. The Kier molecular flexibility index (Phi) is 4.72. The molecule has 1 heterocycles. The van der Waals surface area contributed by atoms with E-state index in [4.69, 9.17) is 0 Å². The van der Waals surface area contributed by atoms with E-state index in [2.05, 4.69) is 10.3 Å². The first-order valence-corrected chi connectivity index (χ1v) is 5.25. The first-order chi connectivity index (χ1) is 7.63. The van der Waals surface area contributed by atoms with E-state index in [1.54, 1.807) is 30.3 Å². The summed E-state index contributed by atoms with van der Waals surface area (Å²) in [7, 11) is 1.75. The Labute approximate surface area is 94.8 Å². The van der Waals surface area contributed by atoms with E-state index < -0.39 is 0 Å². The van der Waals surface area contributed by atoms with Crippen molar-refractivity contribution >= 4 is 11.7 Å². The number of carbonyl (C=O) groups is 2. The van der Waals surface area contributed by atoms with Crippen molar-refractivity contribution in [3.63, 3.8) is 0 Å². The highest BCUT2D eigenvalue weighted by Gasteiger charge is 2.12. The molecule has 0 radical (unpaired) electrons. The van der Waals surface area contributed by atoms with Crippen molar-refractivity contribution in [3.05, 3.63) is 24.0 Å². The molecular formula is C11H17N3O2. The second-order valence-electron chi connectivity index (χ2n) is 3.63. The fourth-order valence-electron chi connectivity index (χ4n) is 1.39. The highest BCUT2D eigenvalue weighted by Crippen LogP contribution is 1.97. The number of H-pyrrole nitrogens is 1. The molecule has 0 fully saturated rings. The zero-order valence-electron chi connectivity index (χ0n) is 9.62. The van der Waals surface area contributed by atoms with Crippen molar-refractivity contribution in [2.45, 2.75) is 6.92 Å². The maximum atomic E-state index is 11.7. The van der Waals surface area contributed by atoms with Crippen LogP contribution in [-0.2, 0) is 4.79 Å². The van der Waals surface area contributed by atoms with Gasteiger partial charge in [-0.15, -0.1) is 0 Å². The van der Waals surface area contributed by atoms with Gasteiger partial charge in [-0.2, -0.15) is 0 Å². The predicted octanol–water partition coefficient (Wildman–Crippen LogP) is 0.265. The molecule has 1 aromatic heterocycles. The molecule has 0 aliphatic rings. The van der Waals surface area contributed by atoms with Crippen molar-refractivity contribution in [3.8, 4) is 0 Å². The minimum absolute atomic E-state index is 0.0169. The molecule has 88 valence electrons. The highest BCUT2D eigenvalue weighted by atomic mass is 16.2. The Hall–Kier alpha value is -1.62. The number of amides is 1. The lowest BCUT2D eigenvalue weighted by molar-refractivity contribution is -0.121. The summed E-state index contributed by atoms with van der Waals surface area (Å²) in [6.07, 6.45) is 1.71. The van der Waals surface area contributed by atoms with Gasteiger partial charge in [0.15, 0.2) is 5.78 Å². The molecular weight excluding hydrogens is 206 g/mol. The number of aromatic nitrogens is 1. The molecule has 0 aromatic carbocycles. The van der Waals surface area contributed by atoms with Gasteiger partial charge < -0.3 is 10.3 Å². The average molecular weight is 223 g/mol. The first kappa shape index (κ1) is 12.4. The van der Waals surface area contributed by atoms with Crippen LogP contribution in [-0.4, -0.2) is 48.3 Å². The third kappa shape index (κ3) is 3.86. The monoisotopic (exact) mass is 223 g/mol. The smallest absolute Gasteiger partial charge is 0.234 e. The minimum atomic E-state index is -0.0655. The van der Waals surface area contributed by atoms with Gasteiger partial charge in [0.2, 0.25) is 5.91 Å². The van der Waals surface area contributed by atoms with E-state index in [1.807, 2.05) is 6.92 Å². The summed E-state index contributed by atoms with van der Waals surface area (Å²) in [6, 6.07) is 3.50. The lowest BCUT2D eigenvalue weighted by atomic mass is 10.3. The summed E-state index contributed by atoms with van der Waals surface area (Å²) in [5, 5.41) is 2.68. The average Bonchev–Trinajstić information content (AvgIpc) is 2.69. The van der Waals surface area contributed by atoms with E-state index in [0.717, 1.165) is 0 Å². The van der Waals surface area contributed by atoms with Gasteiger partial charge in [-0.25, -0.2) is 0 Å². The van der Waals surface area contributed by atoms with Crippen LogP contribution in [0.15, 0.2) is 18.3 Å². The van der Waals surface area contributed by atoms with E-state index in [-0.39, 0.29) is 24.8 Å². The molecule has 2 N–H and O–H groups in total. The standard InChI is InChI=1S/C11H17N3O2/c1-3-12-11(16)8-14(2)7-10(15)9-5-4-6-13-9/h4-6,13H,3,7-8H2,1-2H3,(H,12,16). The quantitative estimate of drug-likeness (QED) is 0.680. The fraction of sp³-hybridized carbons (Fsp3) is 0.455. The number of carbonyl (C=O) groups excluding carboxylic acids is 2. The van der Waals surface area contributed by atoms with Crippen molar-refractivity contribution in [2.24, 2.45) is 0 Å². The van der Waals surface area contributed by atoms with Gasteiger partial charge in [-0.1, -0.05) is 0 Å². The first-order valence-electron chi connectivity index (χ1n) is 5.25. The number of hydrogen-bond donors (Lipinski definition) is 2. The van der Waals surface area contributed by atoms with Crippen LogP contribution in [0.3, 0.4) is 0 Å². The zero-order chi connectivity index (χ0) is 12.0. The Morgan fingerprint density at radius 3 is 2.75 bits per heavy atom. The van der Waals surface area contributed by atoms with E-state index in [1.165, 1.54) is 0 Å². The lowest BCUT2D eigenvalue weighted by Gasteiger charge is -2.14. The fourth-order valence-corrected chi connectivity index (χ4v) is 1.39. The van der Waals surface area contributed by atoms with E-state index >= 15 is 0 Å². The molecule has 16 heavy (non-hydrogen) atoms. The van der Waals surface area contributed by atoms with Crippen LogP contribution >= 0.6 is 0 Å². The highest BCUT2D eigenvalue weighted by molar-refractivity contribution is 5.96. The number of hydrogen-bond acceptors (Lipinski definition) is 3. The maximum Gasteiger partial charge on any atom is 0.234 e. The van der Waals surface area contributed by atoms with Crippen LogP contribution in [0.25, 0.3) is 0 Å². The molecule has 0 aliphatic heterocycles. The molecule has 5 heteroatoms. The van der Waals surface area contributed by atoms with E-state index in [9.17, 15) is 9.59 Å². The van der Waals surface area contributed by atoms with Gasteiger partial charge in [-0.05, 0) is 26.1 Å². The van der Waals surface area contributed by atoms with Gasteiger partial charge in [0, 0.05) is 12.7 Å². The summed E-state index contributed by atoms with van der Waals surface area (Å²) in [6.45, 7) is 2.94. The van der Waals surface area contributed by atoms with E-state index in [0.29, 0.717) is 12.2 Å². The number of nitrogens with zero attached hydrogens (tertiary/aromatic N) is 1. The predicted molar refractivity (Wildman–Crippen MR) is 61.3 cm³/mol. The molecule has 0 spiro atoms. The number of Topliss-reactive ketones (excluding diaryl/α,β-unsaturated/α-hetero) is 1. The zero-order valence-corrected chi connectivity index (χ0v) is 9.62. The van der Waals surface area contributed by atoms with Crippen molar-refractivity contribution in [2.75, 3.05) is 26.7 Å². The largest absolute Gasteiger partial charge is 0.359 e. The number of nitrogens with one attached hydrogen (secondary N) is 2. The molecule has 0 atom stereocenters. The summed E-state index contributed by atoms with van der Waals surface area (Å²) in [5.74, 6) is -0.0823. The normalized spacial score (nSPS) is 10.4. The van der Waals surface area contributed by atoms with Crippen LogP contribution in [0.5, 0.6) is 0 Å². The van der Waals surface area contributed by atoms with Gasteiger partial charge in [-0.3, -0.25) is 14.5 Å². The number of ketones is 1. The lowest BCUT2D eigenvalue weighted by Crippen LogP contribution is -2.37. The SMILES string of the molecule is CCNC(=O)CN(C)CC(=O)c1ccc[nH]1. The molecule has 0 saturated heterocycles. The molecule has 1 rings (SSSR count). The Balaban J connectivity index is 2.37. The third-order valence-corrected chi connectivity index (χ3v) is 2.10. The molecule has 0 unspecified atom stereocenters. The van der Waals surface area contributed by atoms with Crippen LogP contribution in [0.4, 0.5) is 0 Å². The van der Waals surface area contributed by atoms with Crippen LogP contribution in [0.2, 0.25) is 0 Å². The van der Waals surface area contributed by atoms with Gasteiger partial charge >= 0.3 is 0 Å². The van der Waals surface area contributed by atoms with Crippen molar-refractivity contribution in [1.82, 2.24) is 15.2 Å². The molecule has 0 bridgehead atoms. The van der Waals surface area contributed by atoms with Crippen molar-refractivity contribution < 1.29 is 9.59 Å². The molecule has 1 aromatic rings. The van der Waals surface area contributed by atoms with Gasteiger partial charge in [0.05, 0.1) is 18.8 Å². The molecule has 1 amide bonds. The third-order valence-electron chi connectivity index (χ3n) is 2.10. The molecule has 5 nitrogen and oxygen atoms in total. The topological polar surface area (TPSA) is 65.2 Å². The Bertz CT molecular complexity index is 346. The Morgan fingerprint density at radius 1 is 1.44 bits per heavy atom. The number of rotatable bonds is 6. The van der Waals surface area contributed by atoms with Crippen LogP contribution in [0, 0.1) is 0 Å². The van der Waals surface area contributed by atoms with Crippen LogP contribution in [0.1, 0.15) is 17.4 Å². The summed E-state index contributed by atoms with van der Waals surface area (Å²) in [4.78, 5) is 27.4. The minimum Gasteiger partial charge on any atom is -0.359 e. The molecule has 0 aliphatic carbocycles. The second kappa shape index (κ2) is 6.07. The van der Waals surface area contributed by atoms with Gasteiger partial charge in [0.25, 0.3) is 0 Å².